The van der Waals surface area contributed by atoms with Crippen LogP contribution in [0.3, 0.4) is 0 Å². The maximum atomic E-state index is 12.5. The van der Waals surface area contributed by atoms with E-state index in [1.54, 1.807) is 12.1 Å². The van der Waals surface area contributed by atoms with Crippen molar-refractivity contribution in [3.8, 4) is 11.5 Å². The predicted molar refractivity (Wildman–Crippen MR) is 83.9 cm³/mol. The number of aliphatic carboxylic acids is 1. The van der Waals surface area contributed by atoms with Crippen LogP contribution >= 0.6 is 0 Å². The fourth-order valence-corrected chi connectivity index (χ4v) is 2.31. The number of aromatic nitrogens is 1. The molecule has 0 atom stereocenters. The largest absolute Gasteiger partial charge is 0.493 e. The summed E-state index contributed by atoms with van der Waals surface area (Å²) in [6.07, 6.45) is 1.44. The first-order chi connectivity index (χ1) is 10.9. The van der Waals surface area contributed by atoms with Gasteiger partial charge in [-0.2, -0.15) is 0 Å². The predicted octanol–water partition coefficient (Wildman–Crippen LogP) is 0.991. The van der Waals surface area contributed by atoms with Gasteiger partial charge in [0, 0.05) is 30.4 Å². The molecule has 0 radical (unpaired) electrons. The monoisotopic (exact) mass is 319 g/mol. The Labute approximate surface area is 132 Å². The minimum atomic E-state index is -1.12. The van der Waals surface area contributed by atoms with Gasteiger partial charge in [0.2, 0.25) is 0 Å². The molecule has 0 spiro atoms. The molecule has 2 aromatic rings. The van der Waals surface area contributed by atoms with E-state index in [1.165, 1.54) is 27.5 Å². The highest BCUT2D eigenvalue weighted by Gasteiger charge is 2.23. The van der Waals surface area contributed by atoms with E-state index in [4.69, 9.17) is 20.3 Å². The number of likely N-dealkylation sites (N-methyl/N-ethyl adjacent to an activating group) is 1. The number of nitrogen functional groups attached to an aromatic ring is 1. The lowest BCUT2D eigenvalue weighted by molar-refractivity contribution is -0.137. The molecule has 0 aliphatic carbocycles. The molecule has 0 saturated carbocycles. The van der Waals surface area contributed by atoms with Crippen molar-refractivity contribution in [3.05, 3.63) is 24.0 Å². The zero-order valence-electron chi connectivity index (χ0n) is 13.0. The number of amides is 1. The number of anilines is 1. The Kier molecular flexibility index (Phi) is 4.54. The van der Waals surface area contributed by atoms with Crippen molar-refractivity contribution in [2.75, 3.05) is 33.5 Å². The summed E-state index contributed by atoms with van der Waals surface area (Å²) in [5, 5.41) is 9.80. The zero-order chi connectivity index (χ0) is 17.1. The van der Waals surface area contributed by atoms with E-state index in [1.807, 2.05) is 0 Å². The van der Waals surface area contributed by atoms with Crippen molar-refractivity contribution in [2.24, 2.45) is 0 Å². The average Bonchev–Trinajstić information content (AvgIpc) is 2.52. The summed E-state index contributed by atoms with van der Waals surface area (Å²) in [4.78, 5) is 28.5. The summed E-state index contributed by atoms with van der Waals surface area (Å²) in [6, 6.07) is 3.25. The molecule has 1 aromatic carbocycles. The quantitative estimate of drug-likeness (QED) is 0.790. The number of carbonyl (C=O) groups is 2. The summed E-state index contributed by atoms with van der Waals surface area (Å²) in [6.45, 7) is -0.446. The lowest BCUT2D eigenvalue weighted by atomic mass is 10.1. The van der Waals surface area contributed by atoms with Gasteiger partial charge in [-0.05, 0) is 6.07 Å². The lowest BCUT2D eigenvalue weighted by Gasteiger charge is -2.18. The van der Waals surface area contributed by atoms with E-state index in [0.717, 1.165) is 4.90 Å². The molecule has 2 rings (SSSR count). The molecule has 122 valence electrons. The number of nitrogens with two attached hydrogens (primary N) is 1. The van der Waals surface area contributed by atoms with Crippen LogP contribution in [0.1, 0.15) is 10.5 Å². The number of rotatable bonds is 5. The number of hydrogen-bond donors (Lipinski definition) is 2. The number of carboxylic acid groups (broad SMARTS) is 1. The van der Waals surface area contributed by atoms with E-state index < -0.39 is 18.4 Å². The third-order valence-electron chi connectivity index (χ3n) is 3.35. The molecule has 0 fully saturated rings. The Morgan fingerprint density at radius 3 is 2.61 bits per heavy atom. The van der Waals surface area contributed by atoms with Gasteiger partial charge in [-0.25, -0.2) is 0 Å². The molecule has 0 saturated heterocycles. The van der Waals surface area contributed by atoms with Crippen molar-refractivity contribution in [2.45, 2.75) is 0 Å². The van der Waals surface area contributed by atoms with Gasteiger partial charge in [0.15, 0.2) is 11.5 Å². The van der Waals surface area contributed by atoms with Crippen molar-refractivity contribution in [3.63, 3.8) is 0 Å². The second-order valence-electron chi connectivity index (χ2n) is 4.84. The van der Waals surface area contributed by atoms with Crippen LogP contribution in [0.5, 0.6) is 11.5 Å². The maximum Gasteiger partial charge on any atom is 0.323 e. The molecule has 3 N–H and O–H groups in total. The third-order valence-corrected chi connectivity index (χ3v) is 3.35. The van der Waals surface area contributed by atoms with Crippen LogP contribution in [-0.4, -0.2) is 54.7 Å². The number of hydrogen-bond acceptors (Lipinski definition) is 6. The zero-order valence-corrected chi connectivity index (χ0v) is 13.0. The Balaban J connectivity index is 2.71. The molecule has 8 heteroatoms. The van der Waals surface area contributed by atoms with Crippen molar-refractivity contribution in [1.82, 2.24) is 9.88 Å². The fraction of sp³-hybridized carbons (Fsp3) is 0.267. The third kappa shape index (κ3) is 2.96. The fourth-order valence-electron chi connectivity index (χ4n) is 2.31. The second kappa shape index (κ2) is 6.39. The van der Waals surface area contributed by atoms with Crippen molar-refractivity contribution >= 4 is 28.3 Å². The molecule has 1 aromatic heterocycles. The van der Waals surface area contributed by atoms with Gasteiger partial charge in [0.25, 0.3) is 5.91 Å². The van der Waals surface area contributed by atoms with Crippen LogP contribution in [0.15, 0.2) is 18.3 Å². The Bertz CT molecular complexity index is 775. The summed E-state index contributed by atoms with van der Waals surface area (Å²) < 4.78 is 10.6. The molecule has 1 amide bonds. The standard InChI is InChI=1S/C15H17N3O5/c1-18(7-11(19)20)15(21)13-12-8(4-5-17-13)9(16)6-10(22-2)14(12)23-3/h4-6H,7,16H2,1-3H3,(H,19,20). The number of benzene rings is 1. The first-order valence-corrected chi connectivity index (χ1v) is 6.67. The number of nitrogens with zero attached hydrogens (tertiary/aromatic N) is 2. The number of carboxylic acids is 1. The van der Waals surface area contributed by atoms with Gasteiger partial charge in [0.1, 0.15) is 12.2 Å². The van der Waals surface area contributed by atoms with Crippen molar-refractivity contribution < 1.29 is 24.2 Å². The molecule has 0 bridgehead atoms. The summed E-state index contributed by atoms with van der Waals surface area (Å²) >= 11 is 0. The number of ether oxygens (including phenoxy) is 2. The second-order valence-corrected chi connectivity index (χ2v) is 4.84. The number of fused-ring (bicyclic) bond motifs is 1. The topological polar surface area (TPSA) is 115 Å². The van der Waals surface area contributed by atoms with Gasteiger partial charge in [-0.1, -0.05) is 0 Å². The smallest absolute Gasteiger partial charge is 0.323 e. The van der Waals surface area contributed by atoms with E-state index in [-0.39, 0.29) is 5.69 Å². The minimum absolute atomic E-state index is 0.0497. The van der Waals surface area contributed by atoms with E-state index >= 15 is 0 Å². The molecule has 0 aliphatic rings. The van der Waals surface area contributed by atoms with Crippen LogP contribution in [0, 0.1) is 0 Å². The first-order valence-electron chi connectivity index (χ1n) is 6.67. The van der Waals surface area contributed by atoms with Crippen molar-refractivity contribution in [1.29, 1.82) is 0 Å². The summed E-state index contributed by atoms with van der Waals surface area (Å²) in [5.41, 5.74) is 6.45. The maximum absolute atomic E-state index is 12.5. The Hall–Kier alpha value is -3.03. The van der Waals surface area contributed by atoms with E-state index in [9.17, 15) is 9.59 Å². The molecule has 1 heterocycles. The lowest BCUT2D eigenvalue weighted by Crippen LogP contribution is -2.32. The molecule has 23 heavy (non-hydrogen) atoms. The average molecular weight is 319 g/mol. The van der Waals surface area contributed by atoms with Gasteiger partial charge >= 0.3 is 5.97 Å². The normalized spacial score (nSPS) is 10.4. The van der Waals surface area contributed by atoms with Crippen LogP contribution in [-0.2, 0) is 4.79 Å². The molecule has 0 aliphatic heterocycles. The van der Waals surface area contributed by atoms with Crippen LogP contribution in [0.4, 0.5) is 5.69 Å². The van der Waals surface area contributed by atoms with Crippen LogP contribution in [0.25, 0.3) is 10.8 Å². The van der Waals surface area contributed by atoms with Gasteiger partial charge < -0.3 is 25.2 Å². The van der Waals surface area contributed by atoms with E-state index in [2.05, 4.69) is 4.98 Å². The Morgan fingerprint density at radius 1 is 1.35 bits per heavy atom. The highest BCUT2D eigenvalue weighted by Crippen LogP contribution is 2.40. The van der Waals surface area contributed by atoms with Crippen LogP contribution < -0.4 is 15.2 Å². The van der Waals surface area contributed by atoms with E-state index in [0.29, 0.717) is 28.0 Å². The molecule has 8 nitrogen and oxygen atoms in total. The van der Waals surface area contributed by atoms with Gasteiger partial charge in [0.05, 0.1) is 19.6 Å². The Morgan fingerprint density at radius 2 is 2.04 bits per heavy atom. The molecule has 0 unspecified atom stereocenters. The van der Waals surface area contributed by atoms with Gasteiger partial charge in [-0.15, -0.1) is 0 Å². The highest BCUT2D eigenvalue weighted by molar-refractivity contribution is 6.11. The minimum Gasteiger partial charge on any atom is -0.493 e. The highest BCUT2D eigenvalue weighted by atomic mass is 16.5. The SMILES string of the molecule is COc1cc(N)c2ccnc(C(=O)N(C)CC(=O)O)c2c1OC. The number of methoxy groups -OCH3 is 2. The summed E-state index contributed by atoms with van der Waals surface area (Å²) in [7, 11) is 4.28. The number of carbonyl (C=O) groups excluding carboxylic acids is 1. The van der Waals surface area contributed by atoms with Crippen LogP contribution in [0.2, 0.25) is 0 Å². The summed E-state index contributed by atoms with van der Waals surface area (Å²) in [5.74, 6) is -0.994. The molecular weight excluding hydrogens is 302 g/mol. The molecular formula is C15H17N3O5. The van der Waals surface area contributed by atoms with Gasteiger partial charge in [-0.3, -0.25) is 14.6 Å². The first kappa shape index (κ1) is 16.3. The number of pyridine rings is 1.